The fourth-order valence-corrected chi connectivity index (χ4v) is 5.23. The second-order valence-corrected chi connectivity index (χ2v) is 9.70. The molecule has 3 aromatic carbocycles. The summed E-state index contributed by atoms with van der Waals surface area (Å²) in [5.74, 6) is 0.732. The van der Waals surface area contributed by atoms with Gasteiger partial charge in [0.2, 0.25) is 0 Å². The Hall–Kier alpha value is -3.05. The maximum absolute atomic E-state index is 14.8. The van der Waals surface area contributed by atoms with E-state index in [9.17, 15) is 4.39 Å². The Morgan fingerprint density at radius 2 is 1.71 bits per heavy atom. The Morgan fingerprint density at radius 1 is 0.968 bits per heavy atom. The van der Waals surface area contributed by atoms with Crippen molar-refractivity contribution in [3.63, 3.8) is 0 Å². The third kappa shape index (κ3) is 3.15. The average molecular weight is 430 g/mol. The van der Waals surface area contributed by atoms with E-state index in [2.05, 4.69) is 59.5 Å². The molecule has 2 aromatic heterocycles. The lowest BCUT2D eigenvalue weighted by molar-refractivity contribution is 0.237. The monoisotopic (exact) mass is 429 g/mol. The molecule has 0 radical (unpaired) electrons. The Bertz CT molecular complexity index is 1410. The van der Waals surface area contributed by atoms with Crippen molar-refractivity contribution < 1.29 is 4.39 Å². The fraction of sp³-hybridized carbons (Fsp3) is 0.231. The SMILES string of the molecule is Cc1ccccc1-n1ncnc1-c1cc2c(cc1C(C)(C)[C@@H](C)F)sc1ccccc12. The molecule has 0 saturated heterocycles. The van der Waals surface area contributed by atoms with E-state index in [1.807, 2.05) is 36.7 Å². The first-order valence-electron chi connectivity index (χ1n) is 10.4. The summed E-state index contributed by atoms with van der Waals surface area (Å²) in [5.41, 5.74) is 3.27. The Morgan fingerprint density at radius 3 is 2.48 bits per heavy atom. The maximum Gasteiger partial charge on any atom is 0.163 e. The molecule has 5 aromatic rings. The van der Waals surface area contributed by atoms with Crippen LogP contribution in [0.1, 0.15) is 31.9 Å². The van der Waals surface area contributed by atoms with Crippen LogP contribution in [0.4, 0.5) is 4.39 Å². The van der Waals surface area contributed by atoms with Crippen LogP contribution in [0.5, 0.6) is 0 Å². The van der Waals surface area contributed by atoms with Crippen LogP contribution in [-0.4, -0.2) is 20.9 Å². The molecule has 0 bridgehead atoms. The number of thiophene rings is 1. The summed E-state index contributed by atoms with van der Waals surface area (Å²) in [4.78, 5) is 4.64. The lowest BCUT2D eigenvalue weighted by atomic mass is 9.78. The molecular formula is C26H24FN3S. The molecule has 0 amide bonds. The van der Waals surface area contributed by atoms with E-state index in [1.165, 1.54) is 15.5 Å². The van der Waals surface area contributed by atoms with E-state index in [4.69, 9.17) is 0 Å². The second-order valence-electron chi connectivity index (χ2n) is 8.61. The Kier molecular flexibility index (Phi) is 4.67. The molecule has 0 unspecified atom stereocenters. The molecule has 31 heavy (non-hydrogen) atoms. The number of fused-ring (bicyclic) bond motifs is 3. The van der Waals surface area contributed by atoms with E-state index in [0.29, 0.717) is 0 Å². The summed E-state index contributed by atoms with van der Waals surface area (Å²) >= 11 is 1.75. The van der Waals surface area contributed by atoms with Crippen LogP contribution < -0.4 is 0 Å². The van der Waals surface area contributed by atoms with Crippen molar-refractivity contribution in [2.75, 3.05) is 0 Å². The maximum atomic E-state index is 14.8. The number of hydrogen-bond donors (Lipinski definition) is 0. The van der Waals surface area contributed by atoms with Gasteiger partial charge in [0.15, 0.2) is 5.82 Å². The summed E-state index contributed by atoms with van der Waals surface area (Å²) in [6.45, 7) is 7.62. The zero-order valence-corrected chi connectivity index (χ0v) is 18.9. The zero-order valence-electron chi connectivity index (χ0n) is 18.1. The van der Waals surface area contributed by atoms with E-state index >= 15 is 0 Å². The van der Waals surface area contributed by atoms with Gasteiger partial charge in [0.25, 0.3) is 0 Å². The van der Waals surface area contributed by atoms with Gasteiger partial charge in [-0.15, -0.1) is 11.3 Å². The largest absolute Gasteiger partial charge is 0.247 e. The first-order valence-corrected chi connectivity index (χ1v) is 11.3. The molecular weight excluding hydrogens is 405 g/mol. The van der Waals surface area contributed by atoms with Crippen molar-refractivity contribution in [3.8, 4) is 17.1 Å². The third-order valence-corrected chi connectivity index (χ3v) is 7.47. The van der Waals surface area contributed by atoms with Crippen molar-refractivity contribution in [1.82, 2.24) is 14.8 Å². The number of halogens is 1. The fourth-order valence-electron chi connectivity index (χ4n) is 4.11. The Balaban J connectivity index is 1.85. The molecule has 0 saturated carbocycles. The number of aromatic nitrogens is 3. The molecule has 2 heterocycles. The van der Waals surface area contributed by atoms with Gasteiger partial charge in [0.05, 0.1) is 5.69 Å². The van der Waals surface area contributed by atoms with Gasteiger partial charge >= 0.3 is 0 Å². The Labute approximate surface area is 185 Å². The summed E-state index contributed by atoms with van der Waals surface area (Å²) in [6, 6.07) is 20.8. The summed E-state index contributed by atoms with van der Waals surface area (Å²) < 4.78 is 19.1. The van der Waals surface area contributed by atoms with Gasteiger partial charge in [-0.2, -0.15) is 5.10 Å². The highest BCUT2D eigenvalue weighted by molar-refractivity contribution is 7.25. The smallest absolute Gasteiger partial charge is 0.163 e. The normalized spacial score (nSPS) is 13.2. The standard InChI is InChI=1S/C26H24FN3S/c1-16-9-5-7-11-22(16)30-25(28-15-29-30)20-13-19-18-10-6-8-12-23(18)31-24(19)14-21(20)26(3,4)17(2)27/h5-15,17H,1-4H3/t17-/m1/s1. The molecule has 0 aliphatic heterocycles. The van der Waals surface area contributed by atoms with Crippen LogP contribution in [0.15, 0.2) is 67.0 Å². The number of para-hydroxylation sites is 1. The highest BCUT2D eigenvalue weighted by atomic mass is 32.1. The van der Waals surface area contributed by atoms with Crippen molar-refractivity contribution in [2.24, 2.45) is 0 Å². The molecule has 3 nitrogen and oxygen atoms in total. The van der Waals surface area contributed by atoms with Crippen LogP contribution in [0, 0.1) is 6.92 Å². The lowest BCUT2D eigenvalue weighted by Gasteiger charge is -2.29. The van der Waals surface area contributed by atoms with Gasteiger partial charge in [-0.1, -0.05) is 50.2 Å². The van der Waals surface area contributed by atoms with Gasteiger partial charge in [-0.3, -0.25) is 0 Å². The predicted molar refractivity (Wildman–Crippen MR) is 128 cm³/mol. The number of nitrogens with zero attached hydrogens (tertiary/aromatic N) is 3. The van der Waals surface area contributed by atoms with Crippen molar-refractivity contribution >= 4 is 31.5 Å². The van der Waals surface area contributed by atoms with Crippen LogP contribution in [0.2, 0.25) is 0 Å². The molecule has 0 N–H and O–H groups in total. The minimum Gasteiger partial charge on any atom is -0.247 e. The average Bonchev–Trinajstić information content (AvgIpc) is 3.37. The van der Waals surface area contributed by atoms with Crippen LogP contribution in [-0.2, 0) is 5.41 Å². The van der Waals surface area contributed by atoms with E-state index < -0.39 is 11.6 Å². The molecule has 5 heteroatoms. The molecule has 5 rings (SSSR count). The highest BCUT2D eigenvalue weighted by Crippen LogP contribution is 2.43. The van der Waals surface area contributed by atoms with Gasteiger partial charge in [0.1, 0.15) is 12.5 Å². The highest BCUT2D eigenvalue weighted by Gasteiger charge is 2.32. The van der Waals surface area contributed by atoms with E-state index in [-0.39, 0.29) is 0 Å². The topological polar surface area (TPSA) is 30.7 Å². The quantitative estimate of drug-likeness (QED) is 0.301. The van der Waals surface area contributed by atoms with Crippen LogP contribution in [0.3, 0.4) is 0 Å². The molecule has 1 atom stereocenters. The number of benzene rings is 3. The first-order chi connectivity index (χ1) is 14.9. The first kappa shape index (κ1) is 19.9. The molecule has 0 fully saturated rings. The minimum atomic E-state index is -1.02. The molecule has 0 spiro atoms. The summed E-state index contributed by atoms with van der Waals surface area (Å²) in [5, 5.41) is 6.92. The predicted octanol–water partition coefficient (Wildman–Crippen LogP) is 7.25. The molecule has 156 valence electrons. The summed E-state index contributed by atoms with van der Waals surface area (Å²) in [6.07, 6.45) is 0.556. The van der Waals surface area contributed by atoms with Crippen molar-refractivity contribution in [3.05, 3.63) is 78.1 Å². The summed E-state index contributed by atoms with van der Waals surface area (Å²) in [7, 11) is 0. The minimum absolute atomic E-state index is 0.678. The van der Waals surface area contributed by atoms with E-state index in [0.717, 1.165) is 32.9 Å². The number of hydrogen-bond acceptors (Lipinski definition) is 3. The second kappa shape index (κ2) is 7.27. The van der Waals surface area contributed by atoms with Crippen LogP contribution in [0.25, 0.3) is 37.2 Å². The van der Waals surface area contributed by atoms with Crippen molar-refractivity contribution in [2.45, 2.75) is 39.3 Å². The zero-order chi connectivity index (χ0) is 21.8. The van der Waals surface area contributed by atoms with Crippen LogP contribution >= 0.6 is 11.3 Å². The number of aryl methyl sites for hydroxylation is 1. The number of rotatable bonds is 4. The molecule has 0 aliphatic carbocycles. The third-order valence-electron chi connectivity index (χ3n) is 6.34. The number of alkyl halides is 1. The lowest BCUT2D eigenvalue weighted by Crippen LogP contribution is -2.28. The van der Waals surface area contributed by atoms with Crippen molar-refractivity contribution in [1.29, 1.82) is 0 Å². The van der Waals surface area contributed by atoms with Gasteiger partial charge in [-0.05, 0) is 49.2 Å². The van der Waals surface area contributed by atoms with Gasteiger partial charge in [-0.25, -0.2) is 14.1 Å². The molecule has 0 aliphatic rings. The van der Waals surface area contributed by atoms with E-state index in [1.54, 1.807) is 24.6 Å². The van der Waals surface area contributed by atoms with Gasteiger partial charge in [0, 0.05) is 31.2 Å². The van der Waals surface area contributed by atoms with Gasteiger partial charge < -0.3 is 0 Å².